The van der Waals surface area contributed by atoms with E-state index in [4.69, 9.17) is 23.3 Å². The predicted molar refractivity (Wildman–Crippen MR) is 92.1 cm³/mol. The van der Waals surface area contributed by atoms with Crippen molar-refractivity contribution < 1.29 is 37.4 Å². The zero-order chi connectivity index (χ0) is 19.5. The second-order valence-electron chi connectivity index (χ2n) is 5.12. The summed E-state index contributed by atoms with van der Waals surface area (Å²) in [5.74, 6) is -1.23. The van der Waals surface area contributed by atoms with Crippen molar-refractivity contribution in [2.45, 2.75) is 33.8 Å². The zero-order valence-corrected chi connectivity index (χ0v) is 16.1. The van der Waals surface area contributed by atoms with Gasteiger partial charge in [-0.2, -0.15) is 0 Å². The third kappa shape index (κ3) is 10.2. The van der Waals surface area contributed by atoms with Crippen LogP contribution in [0, 0.1) is 0 Å². The molecule has 8 nitrogen and oxygen atoms in total. The lowest BCUT2D eigenvalue weighted by molar-refractivity contribution is -0.149. The molecule has 0 bridgehead atoms. The first-order valence-electron chi connectivity index (χ1n) is 7.80. The van der Waals surface area contributed by atoms with Crippen LogP contribution in [0.5, 0.6) is 0 Å². The van der Waals surface area contributed by atoms with Crippen molar-refractivity contribution in [3.05, 3.63) is 24.3 Å². The summed E-state index contributed by atoms with van der Waals surface area (Å²) < 4.78 is 38.1. The van der Waals surface area contributed by atoms with Crippen LogP contribution in [0.4, 0.5) is 0 Å². The number of hydrogen-bond acceptors (Lipinski definition) is 8. The van der Waals surface area contributed by atoms with Crippen LogP contribution in [0.3, 0.4) is 0 Å². The number of esters is 2. The van der Waals surface area contributed by atoms with Crippen molar-refractivity contribution in [3.8, 4) is 0 Å². The minimum atomic E-state index is -3.44. The summed E-state index contributed by atoms with van der Waals surface area (Å²) >= 11 is 0. The van der Waals surface area contributed by atoms with E-state index in [1.54, 1.807) is 13.8 Å². The van der Waals surface area contributed by atoms with Gasteiger partial charge in [-0.3, -0.25) is 4.57 Å². The Labute approximate surface area is 148 Å². The Morgan fingerprint density at radius 1 is 0.920 bits per heavy atom. The first-order valence-corrected chi connectivity index (χ1v) is 9.53. The van der Waals surface area contributed by atoms with Gasteiger partial charge in [-0.05, 0) is 27.7 Å². The second-order valence-corrected chi connectivity index (χ2v) is 7.12. The topological polar surface area (TPSA) is 97.4 Å². The van der Waals surface area contributed by atoms with Gasteiger partial charge in [0, 0.05) is 11.1 Å². The van der Waals surface area contributed by atoms with Crippen molar-refractivity contribution in [1.82, 2.24) is 0 Å². The smallest absolute Gasteiger partial charge is 0.356 e. The normalized spacial score (nSPS) is 11.2. The fourth-order valence-electron chi connectivity index (χ4n) is 1.43. The molecule has 144 valence electrons. The van der Waals surface area contributed by atoms with Crippen LogP contribution in [0.15, 0.2) is 24.3 Å². The first kappa shape index (κ1) is 23.5. The van der Waals surface area contributed by atoms with Gasteiger partial charge in [0.2, 0.25) is 0 Å². The fourth-order valence-corrected chi connectivity index (χ4v) is 2.83. The van der Waals surface area contributed by atoms with E-state index in [9.17, 15) is 14.2 Å². The predicted octanol–water partition coefficient (Wildman–Crippen LogP) is 2.83. The van der Waals surface area contributed by atoms with Crippen LogP contribution in [0.1, 0.15) is 27.7 Å². The fraction of sp³-hybridized carbons (Fsp3) is 0.625. The molecule has 0 aromatic heterocycles. The molecule has 0 amide bonds. The lowest BCUT2D eigenvalue weighted by Crippen LogP contribution is -2.29. The average Bonchev–Trinajstić information content (AvgIpc) is 2.53. The van der Waals surface area contributed by atoms with Crippen LogP contribution in [-0.2, 0) is 37.4 Å². The standard InChI is InChI=1S/C16H27O8P/c1-7-23-25(19,24-8-2)11-22-14(9-20-15(17)12(3)4)10-21-16(18)13(5)6/h14H,3,5,7-11H2,1-2,4,6H3. The number of carbonyl (C=O) groups is 2. The van der Waals surface area contributed by atoms with Gasteiger partial charge in [-0.1, -0.05) is 13.2 Å². The molecule has 0 aromatic carbocycles. The van der Waals surface area contributed by atoms with Gasteiger partial charge in [0.1, 0.15) is 25.7 Å². The highest BCUT2D eigenvalue weighted by atomic mass is 31.2. The molecule has 0 radical (unpaired) electrons. The lowest BCUT2D eigenvalue weighted by Gasteiger charge is -2.22. The van der Waals surface area contributed by atoms with Crippen LogP contribution in [-0.4, -0.2) is 50.8 Å². The second kappa shape index (κ2) is 12.0. The minimum Gasteiger partial charge on any atom is -0.459 e. The van der Waals surface area contributed by atoms with Gasteiger partial charge in [-0.15, -0.1) is 0 Å². The molecule has 25 heavy (non-hydrogen) atoms. The third-order valence-corrected chi connectivity index (χ3v) is 4.39. The molecule has 0 aliphatic rings. The maximum absolute atomic E-state index is 12.4. The van der Waals surface area contributed by atoms with Crippen LogP contribution in [0.2, 0.25) is 0 Å². The number of ether oxygens (including phenoxy) is 3. The average molecular weight is 378 g/mol. The highest BCUT2D eigenvalue weighted by Gasteiger charge is 2.27. The quantitative estimate of drug-likeness (QED) is 0.274. The van der Waals surface area contributed by atoms with E-state index in [2.05, 4.69) is 13.2 Å². The SMILES string of the molecule is C=C(C)C(=O)OCC(COC(=O)C(=C)C)OCP(=O)(OCC)OCC. The summed E-state index contributed by atoms with van der Waals surface area (Å²) in [6.07, 6.45) is -1.21. The van der Waals surface area contributed by atoms with E-state index in [-0.39, 0.29) is 43.9 Å². The van der Waals surface area contributed by atoms with Gasteiger partial charge < -0.3 is 23.3 Å². The van der Waals surface area contributed by atoms with Crippen LogP contribution in [0.25, 0.3) is 0 Å². The molecule has 0 spiro atoms. The Kier molecular flexibility index (Phi) is 11.3. The van der Waals surface area contributed by atoms with E-state index in [0.717, 1.165) is 0 Å². The van der Waals surface area contributed by atoms with Gasteiger partial charge >= 0.3 is 19.5 Å². The minimum absolute atomic E-state index is 0.181. The molecule has 0 aliphatic heterocycles. The molecule has 0 aromatic rings. The largest absolute Gasteiger partial charge is 0.459 e. The number of hydrogen-bond donors (Lipinski definition) is 0. The summed E-state index contributed by atoms with van der Waals surface area (Å²) in [7, 11) is -3.44. The molecule has 0 rings (SSSR count). The Morgan fingerprint density at radius 3 is 1.64 bits per heavy atom. The highest BCUT2D eigenvalue weighted by Crippen LogP contribution is 2.48. The Hall–Kier alpha value is -1.47. The summed E-state index contributed by atoms with van der Waals surface area (Å²) in [5, 5.41) is 0. The third-order valence-electron chi connectivity index (χ3n) is 2.62. The lowest BCUT2D eigenvalue weighted by atomic mass is 10.3. The molecule has 9 heteroatoms. The molecular formula is C16H27O8P. The molecule has 0 saturated heterocycles. The van der Waals surface area contributed by atoms with Gasteiger partial charge in [0.15, 0.2) is 0 Å². The van der Waals surface area contributed by atoms with Gasteiger partial charge in [0.25, 0.3) is 0 Å². The Morgan fingerprint density at radius 2 is 1.32 bits per heavy atom. The molecule has 0 heterocycles. The summed E-state index contributed by atoms with van der Waals surface area (Å²) in [4.78, 5) is 23.0. The molecule has 0 unspecified atom stereocenters. The molecular weight excluding hydrogens is 351 g/mol. The van der Waals surface area contributed by atoms with E-state index in [1.165, 1.54) is 13.8 Å². The monoisotopic (exact) mass is 378 g/mol. The van der Waals surface area contributed by atoms with Crippen molar-refractivity contribution >= 4 is 19.5 Å². The molecule has 0 atom stereocenters. The molecule has 0 saturated carbocycles. The maximum Gasteiger partial charge on any atom is 0.356 e. The molecule has 0 aliphatic carbocycles. The number of rotatable bonds is 13. The van der Waals surface area contributed by atoms with Gasteiger partial charge in [0.05, 0.1) is 13.2 Å². The van der Waals surface area contributed by atoms with Crippen molar-refractivity contribution in [1.29, 1.82) is 0 Å². The first-order chi connectivity index (χ1) is 11.6. The molecule has 0 N–H and O–H groups in total. The van der Waals surface area contributed by atoms with Crippen molar-refractivity contribution in [3.63, 3.8) is 0 Å². The van der Waals surface area contributed by atoms with Gasteiger partial charge in [-0.25, -0.2) is 9.59 Å². The Bertz CT molecular complexity index is 488. The maximum atomic E-state index is 12.4. The van der Waals surface area contributed by atoms with Crippen LogP contribution >= 0.6 is 7.60 Å². The van der Waals surface area contributed by atoms with Crippen molar-refractivity contribution in [2.75, 3.05) is 32.8 Å². The van der Waals surface area contributed by atoms with E-state index >= 15 is 0 Å². The molecule has 0 fully saturated rings. The summed E-state index contributed by atoms with van der Waals surface area (Å²) in [6, 6.07) is 0. The van der Waals surface area contributed by atoms with E-state index in [0.29, 0.717) is 0 Å². The van der Waals surface area contributed by atoms with Crippen molar-refractivity contribution in [2.24, 2.45) is 0 Å². The summed E-state index contributed by atoms with van der Waals surface area (Å²) in [6.45, 7) is 13.2. The van der Waals surface area contributed by atoms with E-state index in [1.807, 2.05) is 0 Å². The van der Waals surface area contributed by atoms with Crippen LogP contribution < -0.4 is 0 Å². The van der Waals surface area contributed by atoms with E-state index < -0.39 is 25.6 Å². The number of carbonyl (C=O) groups excluding carboxylic acids is 2. The highest BCUT2D eigenvalue weighted by molar-refractivity contribution is 7.53. The zero-order valence-electron chi connectivity index (χ0n) is 15.2. The Balaban J connectivity index is 4.82. The summed E-state index contributed by atoms with van der Waals surface area (Å²) in [5.41, 5.74) is 0.430.